The van der Waals surface area contributed by atoms with Crippen molar-refractivity contribution in [2.75, 3.05) is 0 Å². The molecule has 5 nitrogen and oxygen atoms in total. The zero-order chi connectivity index (χ0) is 22.1. The van der Waals surface area contributed by atoms with Gasteiger partial charge in [0.05, 0.1) is 11.7 Å². The Bertz CT molecular complexity index is 1250. The minimum absolute atomic E-state index is 0.179. The van der Waals surface area contributed by atoms with Gasteiger partial charge in [0, 0.05) is 35.2 Å². The minimum atomic E-state index is -0.309. The summed E-state index contributed by atoms with van der Waals surface area (Å²) in [5.41, 5.74) is 2.74. The summed E-state index contributed by atoms with van der Waals surface area (Å²) in [5.74, 6) is 1.08. The molecular formula is C24H18BrFN4OS. The lowest BCUT2D eigenvalue weighted by Crippen LogP contribution is -2.29. The van der Waals surface area contributed by atoms with Crippen molar-refractivity contribution < 1.29 is 8.81 Å². The van der Waals surface area contributed by atoms with Gasteiger partial charge in [-0.1, -0.05) is 6.07 Å². The summed E-state index contributed by atoms with van der Waals surface area (Å²) < 4.78 is 20.5. The van der Waals surface area contributed by atoms with Gasteiger partial charge in [-0.05, 0) is 88.3 Å². The molecule has 5 rings (SSSR count). The maximum Gasteiger partial charge on any atom is 0.170 e. The van der Waals surface area contributed by atoms with Gasteiger partial charge < -0.3 is 14.6 Å². The third kappa shape index (κ3) is 4.03. The van der Waals surface area contributed by atoms with Gasteiger partial charge in [0.1, 0.15) is 23.4 Å². The smallest absolute Gasteiger partial charge is 0.170 e. The predicted octanol–water partition coefficient (Wildman–Crippen LogP) is 5.81. The van der Waals surface area contributed by atoms with Crippen molar-refractivity contribution in [3.05, 3.63) is 107 Å². The van der Waals surface area contributed by atoms with E-state index in [0.29, 0.717) is 21.9 Å². The normalized spacial score (nSPS) is 18.1. The number of aromatic nitrogens is 2. The molecule has 0 unspecified atom stereocenters. The SMILES string of the molecule is Fc1ccc(-c2ccc([C@H]3[C@H](c4ccccn4)NC(=S)N3Cc3ccncc3)o2)c(Br)c1. The summed E-state index contributed by atoms with van der Waals surface area (Å²) in [4.78, 5) is 10.8. The fourth-order valence-electron chi connectivity index (χ4n) is 3.92. The number of nitrogens with one attached hydrogen (secondary N) is 1. The monoisotopic (exact) mass is 508 g/mol. The molecular weight excluding hydrogens is 491 g/mol. The van der Waals surface area contributed by atoms with Gasteiger partial charge >= 0.3 is 0 Å². The predicted molar refractivity (Wildman–Crippen MR) is 127 cm³/mol. The van der Waals surface area contributed by atoms with Crippen LogP contribution < -0.4 is 5.32 Å². The third-order valence-electron chi connectivity index (χ3n) is 5.41. The quantitative estimate of drug-likeness (QED) is 0.343. The first-order valence-electron chi connectivity index (χ1n) is 10.0. The molecule has 2 atom stereocenters. The summed E-state index contributed by atoms with van der Waals surface area (Å²) in [6.45, 7) is 0.596. The summed E-state index contributed by atoms with van der Waals surface area (Å²) in [6.07, 6.45) is 5.31. The fraction of sp³-hybridized carbons (Fsp3) is 0.125. The Morgan fingerprint density at radius 3 is 2.66 bits per heavy atom. The molecule has 1 aliphatic heterocycles. The molecule has 32 heavy (non-hydrogen) atoms. The van der Waals surface area contributed by atoms with Crippen LogP contribution in [0.3, 0.4) is 0 Å². The molecule has 160 valence electrons. The van der Waals surface area contributed by atoms with Crippen LogP contribution in [0.2, 0.25) is 0 Å². The van der Waals surface area contributed by atoms with Gasteiger partial charge in [0.15, 0.2) is 5.11 Å². The summed E-state index contributed by atoms with van der Waals surface area (Å²) >= 11 is 9.14. The second kappa shape index (κ2) is 8.80. The largest absolute Gasteiger partial charge is 0.459 e. The van der Waals surface area contributed by atoms with E-state index in [1.807, 2.05) is 42.5 Å². The molecule has 1 aromatic carbocycles. The molecule has 0 aliphatic carbocycles. The van der Waals surface area contributed by atoms with Gasteiger partial charge in [-0.25, -0.2) is 4.39 Å². The van der Waals surface area contributed by atoms with E-state index in [1.54, 1.807) is 24.7 Å². The van der Waals surface area contributed by atoms with Crippen molar-refractivity contribution in [3.8, 4) is 11.3 Å². The number of halogens is 2. The van der Waals surface area contributed by atoms with E-state index in [-0.39, 0.29) is 17.9 Å². The highest BCUT2D eigenvalue weighted by atomic mass is 79.9. The molecule has 1 aliphatic rings. The Labute approximate surface area is 198 Å². The standard InChI is InChI=1S/C24H18BrFN4OS/c25-18-13-16(26)4-5-17(18)20-6-7-21(31-20)23-22(19-3-1-2-10-28-19)29-24(32)30(23)14-15-8-11-27-12-9-15/h1-13,22-23H,14H2,(H,29,32)/t22-,23-/m0/s1. The second-order valence-electron chi connectivity index (χ2n) is 7.44. The molecule has 3 aromatic heterocycles. The molecule has 1 N–H and O–H groups in total. The lowest BCUT2D eigenvalue weighted by atomic mass is 10.0. The molecule has 0 amide bonds. The number of benzene rings is 1. The van der Waals surface area contributed by atoms with Crippen LogP contribution in [-0.2, 0) is 6.54 Å². The van der Waals surface area contributed by atoms with E-state index in [0.717, 1.165) is 22.6 Å². The van der Waals surface area contributed by atoms with E-state index in [9.17, 15) is 4.39 Å². The number of rotatable bonds is 5. The molecule has 0 saturated carbocycles. The number of thiocarbonyl (C=S) groups is 1. The highest BCUT2D eigenvalue weighted by molar-refractivity contribution is 9.10. The molecule has 1 saturated heterocycles. The highest BCUT2D eigenvalue weighted by Gasteiger charge is 2.41. The number of furan rings is 1. The van der Waals surface area contributed by atoms with Crippen molar-refractivity contribution in [3.63, 3.8) is 0 Å². The Morgan fingerprint density at radius 2 is 1.91 bits per heavy atom. The molecule has 4 aromatic rings. The topological polar surface area (TPSA) is 54.2 Å². The molecule has 0 bridgehead atoms. The average Bonchev–Trinajstić information content (AvgIpc) is 3.40. The van der Waals surface area contributed by atoms with E-state index >= 15 is 0 Å². The minimum Gasteiger partial charge on any atom is -0.459 e. The molecule has 0 radical (unpaired) electrons. The Hall–Kier alpha value is -3.10. The Morgan fingerprint density at radius 1 is 1.06 bits per heavy atom. The van der Waals surface area contributed by atoms with E-state index < -0.39 is 0 Å². The number of pyridine rings is 2. The van der Waals surface area contributed by atoms with Gasteiger partial charge in [-0.3, -0.25) is 9.97 Å². The van der Waals surface area contributed by atoms with Crippen LogP contribution in [0.4, 0.5) is 4.39 Å². The number of hydrogen-bond acceptors (Lipinski definition) is 4. The zero-order valence-corrected chi connectivity index (χ0v) is 19.2. The number of nitrogens with zero attached hydrogens (tertiary/aromatic N) is 3. The van der Waals surface area contributed by atoms with Crippen LogP contribution >= 0.6 is 28.1 Å². The average molecular weight is 509 g/mol. The summed E-state index contributed by atoms with van der Waals surface area (Å²) in [6, 6.07) is 17.8. The molecule has 1 fully saturated rings. The van der Waals surface area contributed by atoms with Crippen LogP contribution in [0.5, 0.6) is 0 Å². The van der Waals surface area contributed by atoms with Gasteiger partial charge in [0.2, 0.25) is 0 Å². The molecule has 0 spiro atoms. The van der Waals surface area contributed by atoms with E-state index in [1.165, 1.54) is 12.1 Å². The van der Waals surface area contributed by atoms with E-state index in [2.05, 4.69) is 36.1 Å². The first-order valence-corrected chi connectivity index (χ1v) is 11.2. The van der Waals surface area contributed by atoms with Crippen molar-refractivity contribution in [2.24, 2.45) is 0 Å². The second-order valence-corrected chi connectivity index (χ2v) is 8.68. The Balaban J connectivity index is 1.55. The maximum atomic E-state index is 13.6. The zero-order valence-electron chi connectivity index (χ0n) is 16.8. The van der Waals surface area contributed by atoms with Crippen LogP contribution in [0.25, 0.3) is 11.3 Å². The van der Waals surface area contributed by atoms with Crippen molar-refractivity contribution in [1.29, 1.82) is 0 Å². The van der Waals surface area contributed by atoms with Crippen molar-refractivity contribution >= 4 is 33.3 Å². The van der Waals surface area contributed by atoms with Crippen LogP contribution in [-0.4, -0.2) is 20.0 Å². The van der Waals surface area contributed by atoms with Gasteiger partial charge in [-0.15, -0.1) is 0 Å². The first kappa shape index (κ1) is 20.8. The Kier molecular flexibility index (Phi) is 5.71. The summed E-state index contributed by atoms with van der Waals surface area (Å²) in [5, 5.41) is 4.05. The summed E-state index contributed by atoms with van der Waals surface area (Å²) in [7, 11) is 0. The maximum absolute atomic E-state index is 13.6. The van der Waals surface area contributed by atoms with Crippen molar-refractivity contribution in [1.82, 2.24) is 20.2 Å². The van der Waals surface area contributed by atoms with Crippen LogP contribution in [0, 0.1) is 5.82 Å². The fourth-order valence-corrected chi connectivity index (χ4v) is 4.77. The van der Waals surface area contributed by atoms with Crippen LogP contribution in [0.15, 0.2) is 88.1 Å². The lowest BCUT2D eigenvalue weighted by molar-refractivity contribution is 0.269. The first-order chi connectivity index (χ1) is 15.6. The molecule has 8 heteroatoms. The molecule has 4 heterocycles. The van der Waals surface area contributed by atoms with Crippen molar-refractivity contribution in [2.45, 2.75) is 18.6 Å². The van der Waals surface area contributed by atoms with E-state index in [4.69, 9.17) is 16.6 Å². The van der Waals surface area contributed by atoms with Gasteiger partial charge in [-0.2, -0.15) is 0 Å². The third-order valence-corrected chi connectivity index (χ3v) is 6.42. The van der Waals surface area contributed by atoms with Crippen LogP contribution in [0.1, 0.15) is 29.1 Å². The highest BCUT2D eigenvalue weighted by Crippen LogP contribution is 2.42. The van der Waals surface area contributed by atoms with Gasteiger partial charge in [0.25, 0.3) is 0 Å². The number of hydrogen-bond donors (Lipinski definition) is 1. The lowest BCUT2D eigenvalue weighted by Gasteiger charge is -2.26.